The van der Waals surface area contributed by atoms with Gasteiger partial charge in [0, 0.05) is 51.2 Å². The number of hydrogen-bond acceptors (Lipinski definition) is 3. The third kappa shape index (κ3) is 19.2. The van der Waals surface area contributed by atoms with Crippen LogP contribution in [0.25, 0.3) is 155 Å². The lowest BCUT2D eigenvalue weighted by Crippen LogP contribution is -2.12. The monoisotopic (exact) mass is 1790 g/mol. The zero-order valence-corrected chi connectivity index (χ0v) is 79.3. The number of benzene rings is 23. The largest absolute Gasteiger partial charge is 0.310 e. The van der Waals surface area contributed by atoms with Gasteiger partial charge in [-0.05, 0) is 326 Å². The molecule has 0 heterocycles. The van der Waals surface area contributed by atoms with Crippen molar-refractivity contribution in [3.63, 3.8) is 0 Å². The van der Waals surface area contributed by atoms with Gasteiger partial charge in [0.15, 0.2) is 0 Å². The van der Waals surface area contributed by atoms with E-state index in [9.17, 15) is 0 Å². The first-order valence-corrected chi connectivity index (χ1v) is 48.3. The van der Waals surface area contributed by atoms with Gasteiger partial charge < -0.3 is 14.7 Å². The first kappa shape index (κ1) is 88.8. The summed E-state index contributed by atoms with van der Waals surface area (Å²) >= 11 is 0. The van der Waals surface area contributed by atoms with E-state index in [4.69, 9.17) is 0 Å². The molecule has 0 aliphatic rings. The van der Waals surface area contributed by atoms with Crippen LogP contribution >= 0.6 is 0 Å². The number of anilines is 9. The molecule has 3 heteroatoms. The topological polar surface area (TPSA) is 9.72 Å². The smallest absolute Gasteiger partial charge is 0.0491 e. The summed E-state index contributed by atoms with van der Waals surface area (Å²) in [5, 5.41) is 7.61. The molecular formula is C137H105N3. The van der Waals surface area contributed by atoms with Crippen LogP contribution in [-0.4, -0.2) is 0 Å². The lowest BCUT2D eigenvalue weighted by molar-refractivity contribution is 1.23. The molecule has 0 bridgehead atoms. The Labute approximate surface area is 823 Å². The fourth-order valence-corrected chi connectivity index (χ4v) is 19.8. The van der Waals surface area contributed by atoms with Crippen LogP contribution in [0.4, 0.5) is 51.2 Å². The fourth-order valence-electron chi connectivity index (χ4n) is 19.8. The average molecular weight is 1790 g/mol. The number of fused-ring (bicyclic) bond motifs is 3. The molecule has 0 amide bonds. The highest BCUT2D eigenvalue weighted by molar-refractivity contribution is 6.00. The Morgan fingerprint density at radius 3 is 0.500 bits per heavy atom. The van der Waals surface area contributed by atoms with Gasteiger partial charge in [-0.15, -0.1) is 0 Å². The molecular weight excluding hydrogens is 1690 g/mol. The third-order valence-electron chi connectivity index (χ3n) is 27.1. The molecule has 0 aromatic heterocycles. The molecule has 0 saturated carbocycles. The maximum absolute atomic E-state index is 2.40. The molecule has 140 heavy (non-hydrogen) atoms. The van der Waals surface area contributed by atoms with Gasteiger partial charge in [0.05, 0.1) is 0 Å². The van der Waals surface area contributed by atoms with E-state index in [2.05, 4.69) is 595 Å². The maximum atomic E-state index is 2.40. The van der Waals surface area contributed by atoms with E-state index < -0.39 is 0 Å². The van der Waals surface area contributed by atoms with Crippen LogP contribution in [0.2, 0.25) is 0 Å². The van der Waals surface area contributed by atoms with Crippen molar-refractivity contribution in [2.45, 2.75) is 34.6 Å². The minimum absolute atomic E-state index is 1.12. The first-order valence-electron chi connectivity index (χ1n) is 48.3. The highest BCUT2D eigenvalue weighted by atomic mass is 15.2. The molecule has 0 unspecified atom stereocenters. The van der Waals surface area contributed by atoms with Gasteiger partial charge in [-0.3, -0.25) is 0 Å². The molecule has 3 nitrogen and oxygen atoms in total. The van der Waals surface area contributed by atoms with Gasteiger partial charge in [0.2, 0.25) is 0 Å². The molecule has 0 N–H and O–H groups in total. The molecule has 23 aromatic carbocycles. The van der Waals surface area contributed by atoms with Crippen molar-refractivity contribution < 1.29 is 0 Å². The number of aryl methyl sites for hydroxylation is 5. The highest BCUT2D eigenvalue weighted by Gasteiger charge is 2.24. The minimum atomic E-state index is 1.12. The van der Waals surface area contributed by atoms with E-state index >= 15 is 0 Å². The molecule has 0 aliphatic heterocycles. The summed E-state index contributed by atoms with van der Waals surface area (Å²) in [5.41, 5.74) is 43.4. The standard InChI is InChI=1S/C48H37N.C47H35N.C42H33N/c1-34-32-42(36-12-5-3-6-13-36)26-30-47(34)49(48-31-27-43(33-35(48)2)37-14-7-4-8-15-37)44-28-24-39(25-29-44)38-20-22-41(23-21-38)46-19-11-17-40-16-9-10-18-45(40)46;1-34-33-42(36-13-6-3-7-14-36)27-32-47(34)48(43-28-23-38(24-29-43)35-11-4-2-5-12-35)44-30-25-39(26-31-44)37-19-21-41(22-20-37)46-18-10-16-40-15-8-9-17-45(40)46;1-30-28-36(32-12-5-3-6-13-32)22-26-41(30)43(42-27-23-37(29-31(42)2)33-14-7-4-8-15-33)38-24-20-35(21-25-38)40-19-11-17-34-16-9-10-18-39(34)40/h3-33H,1-2H3;2-33H,1H3;3-29H,1-2H3. The van der Waals surface area contributed by atoms with Gasteiger partial charge in [-0.2, -0.15) is 0 Å². The van der Waals surface area contributed by atoms with Crippen LogP contribution < -0.4 is 14.7 Å². The summed E-state index contributed by atoms with van der Waals surface area (Å²) in [5.74, 6) is 0. The molecule has 23 rings (SSSR count). The molecule has 0 fully saturated rings. The Kier molecular flexibility index (Phi) is 25.9. The number of rotatable bonds is 20. The van der Waals surface area contributed by atoms with Crippen molar-refractivity contribution in [3.05, 3.63) is 574 Å². The van der Waals surface area contributed by atoms with Crippen LogP contribution in [0.1, 0.15) is 27.8 Å². The summed E-state index contributed by atoms with van der Waals surface area (Å²) in [6.07, 6.45) is 0. The van der Waals surface area contributed by atoms with Gasteiger partial charge >= 0.3 is 0 Å². The molecule has 0 radical (unpaired) electrons. The quantitative estimate of drug-likeness (QED) is 0.0753. The second-order valence-electron chi connectivity index (χ2n) is 36.1. The van der Waals surface area contributed by atoms with E-state index in [0.29, 0.717) is 0 Å². The molecule has 0 atom stereocenters. The Morgan fingerprint density at radius 1 is 0.114 bits per heavy atom. The van der Waals surface area contributed by atoms with Crippen LogP contribution in [0.15, 0.2) is 546 Å². The van der Waals surface area contributed by atoms with Crippen molar-refractivity contribution in [1.29, 1.82) is 0 Å². The van der Waals surface area contributed by atoms with Gasteiger partial charge in [-0.25, -0.2) is 0 Å². The molecule has 668 valence electrons. The zero-order valence-electron chi connectivity index (χ0n) is 79.3. The van der Waals surface area contributed by atoms with E-state index in [1.165, 1.54) is 205 Å². The second kappa shape index (κ2) is 40.8. The van der Waals surface area contributed by atoms with E-state index in [-0.39, 0.29) is 0 Å². The second-order valence-corrected chi connectivity index (χ2v) is 36.1. The lowest BCUT2D eigenvalue weighted by Gasteiger charge is -2.29. The Morgan fingerprint density at radius 2 is 0.271 bits per heavy atom. The van der Waals surface area contributed by atoms with Crippen molar-refractivity contribution in [3.8, 4) is 122 Å². The summed E-state index contributed by atoms with van der Waals surface area (Å²) in [7, 11) is 0. The SMILES string of the molecule is Cc1cc(-c2ccccc2)ccc1N(c1ccc(-c2ccc(-c3cccc4ccccc34)cc2)cc1)c1ccc(-c2ccccc2)cc1C.Cc1cc(-c2ccccc2)ccc1N(c1ccc(-c2cccc3ccccc23)cc1)c1ccc(-c2ccccc2)cc1C.Cc1cc(-c2ccccc2)ccc1N(c1ccc(-c2ccccc2)cc1)c1ccc(-c2ccc(-c3cccc4ccccc34)cc2)cc1. The molecule has 23 aromatic rings. The van der Waals surface area contributed by atoms with Crippen molar-refractivity contribution in [2.75, 3.05) is 14.7 Å². The van der Waals surface area contributed by atoms with Crippen molar-refractivity contribution >= 4 is 83.5 Å². The fraction of sp³-hybridized carbons (Fsp3) is 0.0365. The Balaban J connectivity index is 0.000000125. The summed E-state index contributed by atoms with van der Waals surface area (Å²) < 4.78 is 0. The van der Waals surface area contributed by atoms with E-state index in [1.807, 2.05) is 0 Å². The van der Waals surface area contributed by atoms with Crippen LogP contribution in [0, 0.1) is 34.6 Å². The maximum Gasteiger partial charge on any atom is 0.0491 e. The van der Waals surface area contributed by atoms with Gasteiger partial charge in [-0.1, -0.05) is 437 Å². The normalized spacial score (nSPS) is 11.0. The van der Waals surface area contributed by atoms with Gasteiger partial charge in [0.25, 0.3) is 0 Å². The average Bonchev–Trinajstić information content (AvgIpc) is 0.675. The predicted molar refractivity (Wildman–Crippen MR) is 599 cm³/mol. The number of hydrogen-bond donors (Lipinski definition) is 0. The minimum Gasteiger partial charge on any atom is -0.310 e. The Bertz CT molecular complexity index is 8060. The summed E-state index contributed by atoms with van der Waals surface area (Å²) in [6, 6.07) is 197. The van der Waals surface area contributed by atoms with E-state index in [1.54, 1.807) is 0 Å². The summed E-state index contributed by atoms with van der Waals surface area (Å²) in [4.78, 5) is 7.18. The zero-order chi connectivity index (χ0) is 94.6. The summed E-state index contributed by atoms with van der Waals surface area (Å²) in [6.45, 7) is 11.1. The third-order valence-corrected chi connectivity index (χ3v) is 27.1. The van der Waals surface area contributed by atoms with Crippen LogP contribution in [-0.2, 0) is 0 Å². The van der Waals surface area contributed by atoms with Crippen molar-refractivity contribution in [2.24, 2.45) is 0 Å². The van der Waals surface area contributed by atoms with Crippen LogP contribution in [0.3, 0.4) is 0 Å². The molecule has 0 saturated heterocycles. The van der Waals surface area contributed by atoms with Gasteiger partial charge in [0.1, 0.15) is 0 Å². The predicted octanol–water partition coefficient (Wildman–Crippen LogP) is 38.8. The lowest BCUT2D eigenvalue weighted by atomic mass is 9.96. The van der Waals surface area contributed by atoms with Crippen molar-refractivity contribution in [1.82, 2.24) is 0 Å². The first-order chi connectivity index (χ1) is 69.0. The number of nitrogens with zero attached hydrogens (tertiary/aromatic N) is 3. The highest BCUT2D eigenvalue weighted by Crippen LogP contribution is 2.47. The Hall–Kier alpha value is -17.8. The molecule has 0 aliphatic carbocycles. The van der Waals surface area contributed by atoms with E-state index in [0.717, 1.165) is 28.4 Å². The van der Waals surface area contributed by atoms with Crippen LogP contribution in [0.5, 0.6) is 0 Å². The molecule has 0 spiro atoms.